The Hall–Kier alpha value is -2.09. The maximum Gasteiger partial charge on any atom is 0.407 e. The van der Waals surface area contributed by atoms with Crippen LogP contribution in [0.2, 0.25) is 0 Å². The molecule has 3 aliphatic rings. The number of ether oxygens (including phenoxy) is 2. The molecule has 1 aromatic rings. The van der Waals surface area contributed by atoms with E-state index in [9.17, 15) is 9.59 Å². The SMILES string of the molecule is COC[C@H]1CC1C(=O)Nc1cc([C@@H]2CC[C@H](OC(=O)NC3(C)CC3)C2)[nH]n1. The van der Waals surface area contributed by atoms with Gasteiger partial charge in [0.25, 0.3) is 0 Å². The molecular weight excluding hydrogens is 348 g/mol. The predicted molar refractivity (Wildman–Crippen MR) is 98.3 cm³/mol. The molecule has 0 saturated heterocycles. The zero-order valence-corrected chi connectivity index (χ0v) is 15.9. The summed E-state index contributed by atoms with van der Waals surface area (Å²) in [6.07, 6.45) is 5.08. The normalized spacial score (nSPS) is 30.6. The number of carbonyl (C=O) groups excluding carboxylic acids is 2. The largest absolute Gasteiger partial charge is 0.446 e. The van der Waals surface area contributed by atoms with Gasteiger partial charge in [0.05, 0.1) is 0 Å². The van der Waals surface area contributed by atoms with Crippen molar-refractivity contribution in [2.24, 2.45) is 11.8 Å². The highest BCUT2D eigenvalue weighted by molar-refractivity contribution is 5.93. The van der Waals surface area contributed by atoms with E-state index in [1.165, 1.54) is 0 Å². The molecule has 0 aromatic carbocycles. The van der Waals surface area contributed by atoms with Gasteiger partial charge in [-0.15, -0.1) is 0 Å². The average molecular weight is 376 g/mol. The molecule has 8 heteroatoms. The molecule has 3 fully saturated rings. The van der Waals surface area contributed by atoms with Crippen LogP contribution in [0, 0.1) is 11.8 Å². The van der Waals surface area contributed by atoms with Crippen LogP contribution < -0.4 is 10.6 Å². The molecule has 0 bridgehead atoms. The van der Waals surface area contributed by atoms with Crippen molar-refractivity contribution in [3.63, 3.8) is 0 Å². The number of hydrogen-bond acceptors (Lipinski definition) is 5. The van der Waals surface area contributed by atoms with Crippen molar-refractivity contribution in [2.45, 2.75) is 63.0 Å². The minimum absolute atomic E-state index is 0.00738. The molecule has 3 aliphatic carbocycles. The van der Waals surface area contributed by atoms with Gasteiger partial charge >= 0.3 is 6.09 Å². The lowest BCUT2D eigenvalue weighted by atomic mass is 10.0. The van der Waals surface area contributed by atoms with Crippen molar-refractivity contribution >= 4 is 17.8 Å². The Kier molecular flexibility index (Phi) is 4.84. The first kappa shape index (κ1) is 18.3. The van der Waals surface area contributed by atoms with Crippen molar-refractivity contribution < 1.29 is 19.1 Å². The molecule has 3 saturated carbocycles. The van der Waals surface area contributed by atoms with E-state index in [4.69, 9.17) is 9.47 Å². The minimum Gasteiger partial charge on any atom is -0.446 e. The number of nitrogens with zero attached hydrogens (tertiary/aromatic N) is 1. The van der Waals surface area contributed by atoms with E-state index >= 15 is 0 Å². The lowest BCUT2D eigenvalue weighted by molar-refractivity contribution is -0.117. The van der Waals surface area contributed by atoms with E-state index in [1.54, 1.807) is 7.11 Å². The van der Waals surface area contributed by atoms with Gasteiger partial charge in [0.15, 0.2) is 5.82 Å². The van der Waals surface area contributed by atoms with Gasteiger partial charge in [0.2, 0.25) is 5.91 Å². The highest BCUT2D eigenvalue weighted by atomic mass is 16.6. The fourth-order valence-electron chi connectivity index (χ4n) is 3.87. The second-order valence-electron chi connectivity index (χ2n) is 8.48. The smallest absolute Gasteiger partial charge is 0.407 e. The number of carbonyl (C=O) groups is 2. The summed E-state index contributed by atoms with van der Waals surface area (Å²) in [6.45, 7) is 2.66. The quantitative estimate of drug-likeness (QED) is 0.678. The first-order valence-electron chi connectivity index (χ1n) is 9.80. The molecule has 0 aliphatic heterocycles. The Morgan fingerprint density at radius 3 is 2.89 bits per heavy atom. The fourth-order valence-corrected chi connectivity index (χ4v) is 3.87. The van der Waals surface area contributed by atoms with Gasteiger partial charge in [0.1, 0.15) is 6.10 Å². The number of aromatic amines is 1. The van der Waals surface area contributed by atoms with Gasteiger partial charge in [-0.2, -0.15) is 5.10 Å². The second kappa shape index (κ2) is 7.14. The number of nitrogens with one attached hydrogen (secondary N) is 3. The molecule has 4 atom stereocenters. The topological polar surface area (TPSA) is 105 Å². The third-order valence-electron chi connectivity index (χ3n) is 5.99. The number of amides is 2. The monoisotopic (exact) mass is 376 g/mol. The highest BCUT2D eigenvalue weighted by Gasteiger charge is 2.43. The summed E-state index contributed by atoms with van der Waals surface area (Å²) in [7, 11) is 1.65. The molecule has 4 rings (SSSR count). The van der Waals surface area contributed by atoms with Crippen LogP contribution in [0.15, 0.2) is 6.07 Å². The van der Waals surface area contributed by atoms with Gasteiger partial charge < -0.3 is 20.1 Å². The zero-order chi connectivity index (χ0) is 19.0. The second-order valence-corrected chi connectivity index (χ2v) is 8.48. The number of anilines is 1. The molecule has 1 heterocycles. The highest BCUT2D eigenvalue weighted by Crippen LogP contribution is 2.40. The number of aromatic nitrogens is 2. The molecule has 0 radical (unpaired) electrons. The van der Waals surface area contributed by atoms with Crippen LogP contribution in [0.1, 0.15) is 57.1 Å². The van der Waals surface area contributed by atoms with Gasteiger partial charge in [-0.25, -0.2) is 4.79 Å². The summed E-state index contributed by atoms with van der Waals surface area (Å²) < 4.78 is 10.7. The third-order valence-corrected chi connectivity index (χ3v) is 5.99. The van der Waals surface area contributed by atoms with Crippen molar-refractivity contribution in [1.82, 2.24) is 15.5 Å². The van der Waals surface area contributed by atoms with Gasteiger partial charge in [0, 0.05) is 42.9 Å². The Labute approximate surface area is 158 Å². The summed E-state index contributed by atoms with van der Waals surface area (Å²) >= 11 is 0. The Balaban J connectivity index is 1.24. The van der Waals surface area contributed by atoms with Crippen LogP contribution in [0.4, 0.5) is 10.6 Å². The van der Waals surface area contributed by atoms with Crippen LogP contribution in [-0.2, 0) is 14.3 Å². The maximum atomic E-state index is 12.2. The van der Waals surface area contributed by atoms with Crippen LogP contribution >= 0.6 is 0 Å². The van der Waals surface area contributed by atoms with Crippen LogP contribution in [-0.4, -0.2) is 47.6 Å². The van der Waals surface area contributed by atoms with E-state index in [0.717, 1.165) is 44.2 Å². The van der Waals surface area contributed by atoms with Crippen LogP contribution in [0.5, 0.6) is 0 Å². The number of hydrogen-bond donors (Lipinski definition) is 3. The molecule has 27 heavy (non-hydrogen) atoms. The van der Waals surface area contributed by atoms with E-state index in [0.29, 0.717) is 18.3 Å². The van der Waals surface area contributed by atoms with E-state index in [-0.39, 0.29) is 35.5 Å². The molecule has 1 aromatic heterocycles. The lowest BCUT2D eigenvalue weighted by Crippen LogP contribution is -2.36. The summed E-state index contributed by atoms with van der Waals surface area (Å²) in [5, 5.41) is 13.1. The summed E-state index contributed by atoms with van der Waals surface area (Å²) in [6, 6.07) is 1.89. The maximum absolute atomic E-state index is 12.2. The first-order chi connectivity index (χ1) is 13.0. The first-order valence-corrected chi connectivity index (χ1v) is 9.80. The summed E-state index contributed by atoms with van der Waals surface area (Å²) in [5.41, 5.74) is 0.922. The average Bonchev–Trinajstić information content (AvgIpc) is 3.41. The molecule has 148 valence electrons. The van der Waals surface area contributed by atoms with Gasteiger partial charge in [-0.3, -0.25) is 9.89 Å². The van der Waals surface area contributed by atoms with Crippen molar-refractivity contribution in [3.05, 3.63) is 11.8 Å². The molecular formula is C19H28N4O4. The van der Waals surface area contributed by atoms with E-state index in [2.05, 4.69) is 20.8 Å². The molecule has 8 nitrogen and oxygen atoms in total. The van der Waals surface area contributed by atoms with Crippen molar-refractivity contribution in [3.8, 4) is 0 Å². The summed E-state index contributed by atoms with van der Waals surface area (Å²) in [4.78, 5) is 24.2. The molecule has 0 spiro atoms. The van der Waals surface area contributed by atoms with Gasteiger partial charge in [-0.1, -0.05) is 0 Å². The summed E-state index contributed by atoms with van der Waals surface area (Å²) in [5.74, 6) is 1.18. The minimum atomic E-state index is -0.312. The third kappa shape index (κ3) is 4.43. The Bertz CT molecular complexity index is 714. The Morgan fingerprint density at radius 2 is 2.15 bits per heavy atom. The number of methoxy groups -OCH3 is 1. The van der Waals surface area contributed by atoms with E-state index in [1.807, 2.05) is 13.0 Å². The fraction of sp³-hybridized carbons (Fsp3) is 0.737. The standard InChI is InChI=1S/C19H28N4O4/c1-19(5-6-19)21-18(25)27-13-4-3-11(7-13)15-9-16(23-22-15)20-17(24)14-8-12(14)10-26-2/h9,11-14H,3-8,10H2,1-2H3,(H,21,25)(H2,20,22,23,24)/t11-,12-,13+,14?/m1/s1. The molecule has 3 N–H and O–H groups in total. The van der Waals surface area contributed by atoms with E-state index < -0.39 is 0 Å². The number of rotatable bonds is 7. The predicted octanol–water partition coefficient (Wildman–Crippen LogP) is 2.55. The van der Waals surface area contributed by atoms with Crippen LogP contribution in [0.3, 0.4) is 0 Å². The zero-order valence-electron chi connectivity index (χ0n) is 15.9. The van der Waals surface area contributed by atoms with Gasteiger partial charge in [-0.05, 0) is 51.4 Å². The number of alkyl carbamates (subject to hydrolysis) is 1. The van der Waals surface area contributed by atoms with Crippen molar-refractivity contribution in [2.75, 3.05) is 19.0 Å². The van der Waals surface area contributed by atoms with Crippen LogP contribution in [0.25, 0.3) is 0 Å². The lowest BCUT2D eigenvalue weighted by Gasteiger charge is -2.16. The molecule has 2 amide bonds. The Morgan fingerprint density at radius 1 is 1.33 bits per heavy atom. The number of H-pyrrole nitrogens is 1. The van der Waals surface area contributed by atoms with Crippen molar-refractivity contribution in [1.29, 1.82) is 0 Å². The molecule has 1 unspecified atom stereocenters.